The van der Waals surface area contributed by atoms with E-state index < -0.39 is 0 Å². The van der Waals surface area contributed by atoms with Gasteiger partial charge in [-0.15, -0.1) is 0 Å². The second-order valence-electron chi connectivity index (χ2n) is 4.02. The van der Waals surface area contributed by atoms with Crippen LogP contribution in [0.15, 0.2) is 18.2 Å². The largest absolute Gasteiger partial charge is 0.330 e. The number of nitrogens with zero attached hydrogens (tertiary/aromatic N) is 2. The van der Waals surface area contributed by atoms with Crippen LogP contribution in [-0.4, -0.2) is 15.8 Å². The van der Waals surface area contributed by atoms with Crippen LogP contribution in [0, 0.1) is 0 Å². The maximum absolute atomic E-state index is 10.9. The lowest BCUT2D eigenvalue weighted by Crippen LogP contribution is -2.00. The Hall–Kier alpha value is -1.64. The molecule has 3 heteroatoms. The van der Waals surface area contributed by atoms with Crippen molar-refractivity contribution < 1.29 is 4.79 Å². The Morgan fingerprint density at radius 2 is 2.13 bits per heavy atom. The van der Waals surface area contributed by atoms with Crippen molar-refractivity contribution in [3.8, 4) is 0 Å². The van der Waals surface area contributed by atoms with E-state index in [2.05, 4.69) is 18.8 Å². The van der Waals surface area contributed by atoms with E-state index in [-0.39, 0.29) is 0 Å². The summed E-state index contributed by atoms with van der Waals surface area (Å²) in [5.41, 5.74) is 2.52. The lowest BCUT2D eigenvalue weighted by Gasteiger charge is -2.05. The van der Waals surface area contributed by atoms with E-state index in [9.17, 15) is 4.79 Å². The van der Waals surface area contributed by atoms with Gasteiger partial charge in [0.15, 0.2) is 6.29 Å². The first-order chi connectivity index (χ1) is 7.15. The molecule has 2 rings (SSSR count). The first-order valence-corrected chi connectivity index (χ1v) is 5.05. The van der Waals surface area contributed by atoms with Crippen molar-refractivity contribution in [1.82, 2.24) is 9.55 Å². The van der Waals surface area contributed by atoms with Crippen LogP contribution in [0.5, 0.6) is 0 Å². The van der Waals surface area contributed by atoms with Crippen LogP contribution in [0.4, 0.5) is 0 Å². The summed E-state index contributed by atoms with van der Waals surface area (Å²) in [6, 6.07) is 5.62. The van der Waals surface area contributed by atoms with E-state index >= 15 is 0 Å². The number of benzene rings is 1. The van der Waals surface area contributed by atoms with Crippen LogP contribution >= 0.6 is 0 Å². The van der Waals surface area contributed by atoms with Gasteiger partial charge in [-0.2, -0.15) is 0 Å². The molecule has 0 atom stereocenters. The molecule has 15 heavy (non-hydrogen) atoms. The molecule has 0 N–H and O–H groups in total. The average molecular weight is 202 g/mol. The lowest BCUT2D eigenvalue weighted by atomic mass is 10.2. The summed E-state index contributed by atoms with van der Waals surface area (Å²) in [6.07, 6.45) is 0.883. The lowest BCUT2D eigenvalue weighted by molar-refractivity contribution is 0.112. The fourth-order valence-corrected chi connectivity index (χ4v) is 1.93. The Balaban J connectivity index is 2.82. The van der Waals surface area contributed by atoms with Gasteiger partial charge < -0.3 is 4.57 Å². The second-order valence-corrected chi connectivity index (χ2v) is 4.02. The molecule has 1 aromatic carbocycles. The third kappa shape index (κ3) is 1.44. The number of fused-ring (bicyclic) bond motifs is 1. The van der Waals surface area contributed by atoms with Crippen molar-refractivity contribution in [2.45, 2.75) is 19.8 Å². The summed E-state index contributed by atoms with van der Waals surface area (Å²) in [5.74, 6) is 1.38. The number of hydrogen-bond donors (Lipinski definition) is 0. The Kier molecular flexibility index (Phi) is 2.31. The number of aromatic nitrogens is 2. The molecule has 1 heterocycles. The van der Waals surface area contributed by atoms with Crippen molar-refractivity contribution in [2.24, 2.45) is 7.05 Å². The molecule has 2 aromatic rings. The standard InChI is InChI=1S/C12H14N2O/c1-8(2)12-13-10-6-4-5-9(7-15)11(10)14(12)3/h4-8H,1-3H3. The van der Waals surface area contributed by atoms with E-state index in [4.69, 9.17) is 0 Å². The van der Waals surface area contributed by atoms with Gasteiger partial charge in [0.25, 0.3) is 0 Å². The molecular formula is C12H14N2O. The fraction of sp³-hybridized carbons (Fsp3) is 0.333. The monoisotopic (exact) mass is 202 g/mol. The number of para-hydroxylation sites is 1. The van der Waals surface area contributed by atoms with Gasteiger partial charge in [0.2, 0.25) is 0 Å². The van der Waals surface area contributed by atoms with Gasteiger partial charge in [0, 0.05) is 18.5 Å². The third-order valence-electron chi connectivity index (χ3n) is 2.60. The minimum absolute atomic E-state index is 0.363. The second kappa shape index (κ2) is 3.50. The molecule has 0 saturated carbocycles. The molecule has 0 radical (unpaired) electrons. The van der Waals surface area contributed by atoms with Crippen molar-refractivity contribution in [3.63, 3.8) is 0 Å². The maximum Gasteiger partial charge on any atom is 0.152 e. The van der Waals surface area contributed by atoms with Gasteiger partial charge in [0.05, 0.1) is 11.0 Å². The number of aldehydes is 1. The topological polar surface area (TPSA) is 34.9 Å². The van der Waals surface area contributed by atoms with E-state index in [1.54, 1.807) is 0 Å². The summed E-state index contributed by atoms with van der Waals surface area (Å²) in [5, 5.41) is 0. The zero-order chi connectivity index (χ0) is 11.0. The molecule has 1 aromatic heterocycles. The van der Waals surface area contributed by atoms with Crippen LogP contribution in [0.1, 0.15) is 35.9 Å². The van der Waals surface area contributed by atoms with E-state index in [1.807, 2.05) is 29.8 Å². The molecule has 0 amide bonds. The quantitative estimate of drug-likeness (QED) is 0.701. The van der Waals surface area contributed by atoms with Crippen molar-refractivity contribution in [1.29, 1.82) is 0 Å². The number of carbonyl (C=O) groups is 1. The smallest absolute Gasteiger partial charge is 0.152 e. The summed E-state index contributed by atoms with van der Waals surface area (Å²) in [7, 11) is 1.96. The first kappa shape index (κ1) is 9.90. The van der Waals surface area contributed by atoms with Crippen molar-refractivity contribution in [3.05, 3.63) is 29.6 Å². The molecule has 3 nitrogen and oxygen atoms in total. The molecule has 0 saturated heterocycles. The minimum Gasteiger partial charge on any atom is -0.330 e. The number of rotatable bonds is 2. The van der Waals surface area contributed by atoms with Crippen LogP contribution in [0.2, 0.25) is 0 Å². The minimum atomic E-state index is 0.363. The van der Waals surface area contributed by atoms with E-state index in [1.165, 1.54) is 0 Å². The molecule has 0 aliphatic rings. The molecule has 78 valence electrons. The Morgan fingerprint density at radius 3 is 2.73 bits per heavy atom. The average Bonchev–Trinajstić information content (AvgIpc) is 2.56. The van der Waals surface area contributed by atoms with Crippen LogP contribution in [-0.2, 0) is 7.05 Å². The summed E-state index contributed by atoms with van der Waals surface area (Å²) >= 11 is 0. The third-order valence-corrected chi connectivity index (χ3v) is 2.60. The van der Waals surface area contributed by atoms with Gasteiger partial charge >= 0.3 is 0 Å². The Labute approximate surface area is 88.7 Å². The van der Waals surface area contributed by atoms with Gasteiger partial charge in [-0.3, -0.25) is 4.79 Å². The normalized spacial score (nSPS) is 11.2. The highest BCUT2D eigenvalue weighted by Gasteiger charge is 2.12. The Bertz CT molecular complexity index is 512. The summed E-state index contributed by atoms with van der Waals surface area (Å²) in [6.45, 7) is 4.20. The zero-order valence-corrected chi connectivity index (χ0v) is 9.19. The zero-order valence-electron chi connectivity index (χ0n) is 9.19. The van der Waals surface area contributed by atoms with Gasteiger partial charge in [-0.25, -0.2) is 4.98 Å². The predicted molar refractivity (Wildman–Crippen MR) is 60.2 cm³/mol. The Morgan fingerprint density at radius 1 is 1.40 bits per heavy atom. The predicted octanol–water partition coefficient (Wildman–Crippen LogP) is 2.51. The molecule has 0 unspecified atom stereocenters. The number of hydrogen-bond acceptors (Lipinski definition) is 2. The molecule has 0 aliphatic heterocycles. The number of aryl methyl sites for hydroxylation is 1. The van der Waals surface area contributed by atoms with Crippen LogP contribution in [0.3, 0.4) is 0 Å². The van der Waals surface area contributed by atoms with Gasteiger partial charge in [0.1, 0.15) is 5.82 Å². The molecule has 0 spiro atoms. The molecule has 0 fully saturated rings. The van der Waals surface area contributed by atoms with E-state index in [0.717, 1.165) is 23.1 Å². The van der Waals surface area contributed by atoms with Crippen molar-refractivity contribution >= 4 is 17.3 Å². The van der Waals surface area contributed by atoms with E-state index in [0.29, 0.717) is 11.5 Å². The highest BCUT2D eigenvalue weighted by molar-refractivity contribution is 5.94. The summed E-state index contributed by atoms with van der Waals surface area (Å²) in [4.78, 5) is 15.4. The fourth-order valence-electron chi connectivity index (χ4n) is 1.93. The van der Waals surface area contributed by atoms with Gasteiger partial charge in [-0.1, -0.05) is 19.9 Å². The first-order valence-electron chi connectivity index (χ1n) is 5.05. The number of carbonyl (C=O) groups excluding carboxylic acids is 1. The van der Waals surface area contributed by atoms with Crippen LogP contribution < -0.4 is 0 Å². The SMILES string of the molecule is CC(C)c1nc2cccc(C=O)c2n1C. The van der Waals surface area contributed by atoms with Gasteiger partial charge in [-0.05, 0) is 12.1 Å². The van der Waals surface area contributed by atoms with Crippen molar-refractivity contribution in [2.75, 3.05) is 0 Å². The molecular weight excluding hydrogens is 188 g/mol. The summed E-state index contributed by atoms with van der Waals surface area (Å²) < 4.78 is 2.00. The molecule has 0 bridgehead atoms. The maximum atomic E-state index is 10.9. The number of imidazole rings is 1. The molecule has 0 aliphatic carbocycles. The highest BCUT2D eigenvalue weighted by atomic mass is 16.1. The highest BCUT2D eigenvalue weighted by Crippen LogP contribution is 2.22. The van der Waals surface area contributed by atoms with Crippen LogP contribution in [0.25, 0.3) is 11.0 Å².